The molecular formula is C15H14ClF3N4O3. The van der Waals surface area contributed by atoms with Crippen LogP contribution < -0.4 is 10.7 Å². The SMILES string of the molecule is CNC(=O)/C=C/c1c(C)c(O)n(Nc2ccc(C(F)(F)F)c(Cl)n2)c1O. The van der Waals surface area contributed by atoms with E-state index < -0.39 is 34.6 Å². The molecule has 2 aromatic rings. The average Bonchev–Trinajstić information content (AvgIpc) is 2.75. The van der Waals surface area contributed by atoms with E-state index in [0.717, 1.165) is 16.8 Å². The van der Waals surface area contributed by atoms with Crippen molar-refractivity contribution in [2.24, 2.45) is 0 Å². The minimum atomic E-state index is -4.66. The van der Waals surface area contributed by atoms with Crippen molar-refractivity contribution in [3.63, 3.8) is 0 Å². The maximum Gasteiger partial charge on any atom is 0.419 e. The Bertz CT molecular complexity index is 878. The van der Waals surface area contributed by atoms with Crippen molar-refractivity contribution in [1.29, 1.82) is 0 Å². The number of nitrogens with zero attached hydrogens (tertiary/aromatic N) is 2. The predicted molar refractivity (Wildman–Crippen MR) is 88.9 cm³/mol. The molecule has 0 fully saturated rings. The number of hydrogen-bond acceptors (Lipinski definition) is 5. The second-order valence-electron chi connectivity index (χ2n) is 5.11. The fraction of sp³-hybridized carbons (Fsp3) is 0.200. The van der Waals surface area contributed by atoms with Gasteiger partial charge >= 0.3 is 6.18 Å². The number of carbonyl (C=O) groups is 1. The molecule has 26 heavy (non-hydrogen) atoms. The molecule has 0 atom stereocenters. The zero-order chi connectivity index (χ0) is 19.6. The van der Waals surface area contributed by atoms with Crippen LogP contribution in [0.1, 0.15) is 16.7 Å². The number of likely N-dealkylation sites (N-methyl/N-ethyl adjacent to an activating group) is 1. The molecule has 140 valence electrons. The van der Waals surface area contributed by atoms with Crippen LogP contribution in [0.4, 0.5) is 19.0 Å². The number of nitrogens with one attached hydrogen (secondary N) is 2. The number of amides is 1. The highest BCUT2D eigenvalue weighted by Crippen LogP contribution is 2.36. The molecule has 2 rings (SSSR count). The van der Waals surface area contributed by atoms with Gasteiger partial charge in [-0.15, -0.1) is 0 Å². The summed E-state index contributed by atoms with van der Waals surface area (Å²) in [7, 11) is 1.42. The summed E-state index contributed by atoms with van der Waals surface area (Å²) in [6.07, 6.45) is -2.25. The topological polar surface area (TPSA) is 99.4 Å². The number of hydrogen-bond donors (Lipinski definition) is 4. The number of alkyl halides is 3. The average molecular weight is 391 g/mol. The molecule has 0 saturated carbocycles. The van der Waals surface area contributed by atoms with Gasteiger partial charge in [0, 0.05) is 24.3 Å². The molecule has 2 aromatic heterocycles. The van der Waals surface area contributed by atoms with Crippen molar-refractivity contribution < 1.29 is 28.2 Å². The van der Waals surface area contributed by atoms with Gasteiger partial charge < -0.3 is 15.5 Å². The van der Waals surface area contributed by atoms with E-state index >= 15 is 0 Å². The molecule has 0 aromatic carbocycles. The molecular weight excluding hydrogens is 377 g/mol. The van der Waals surface area contributed by atoms with Gasteiger partial charge in [-0.1, -0.05) is 11.6 Å². The second-order valence-corrected chi connectivity index (χ2v) is 5.47. The van der Waals surface area contributed by atoms with E-state index in [4.69, 9.17) is 11.6 Å². The molecule has 0 aliphatic rings. The summed E-state index contributed by atoms with van der Waals surface area (Å²) in [5.41, 5.74) is 1.69. The summed E-state index contributed by atoms with van der Waals surface area (Å²) in [6.45, 7) is 1.48. The quantitative estimate of drug-likeness (QED) is 0.475. The first kappa shape index (κ1) is 19.4. The summed E-state index contributed by atoms with van der Waals surface area (Å²) in [4.78, 5) is 14.8. The zero-order valence-electron chi connectivity index (χ0n) is 13.5. The maximum atomic E-state index is 12.7. The Morgan fingerprint density at radius 2 is 1.96 bits per heavy atom. The lowest BCUT2D eigenvalue weighted by molar-refractivity contribution is -0.137. The van der Waals surface area contributed by atoms with Gasteiger partial charge in [0.15, 0.2) is 0 Å². The van der Waals surface area contributed by atoms with Crippen molar-refractivity contribution in [2.45, 2.75) is 13.1 Å². The number of anilines is 1. The molecule has 0 saturated heterocycles. The molecule has 7 nitrogen and oxygen atoms in total. The molecule has 0 radical (unpaired) electrons. The second kappa shape index (κ2) is 7.16. The van der Waals surface area contributed by atoms with Gasteiger partial charge in [-0.2, -0.15) is 17.8 Å². The lowest BCUT2D eigenvalue weighted by Gasteiger charge is -2.12. The van der Waals surface area contributed by atoms with Gasteiger partial charge in [0.2, 0.25) is 17.7 Å². The fourth-order valence-electron chi connectivity index (χ4n) is 2.05. The lowest BCUT2D eigenvalue weighted by Crippen LogP contribution is -2.13. The van der Waals surface area contributed by atoms with E-state index in [0.29, 0.717) is 6.07 Å². The molecule has 0 aliphatic carbocycles. The van der Waals surface area contributed by atoms with Gasteiger partial charge in [0.05, 0.1) is 5.56 Å². The summed E-state index contributed by atoms with van der Waals surface area (Å²) < 4.78 is 38.9. The highest BCUT2D eigenvalue weighted by Gasteiger charge is 2.34. The van der Waals surface area contributed by atoms with Crippen LogP contribution in [0.5, 0.6) is 11.8 Å². The largest absolute Gasteiger partial charge is 0.493 e. The molecule has 2 heterocycles. The Morgan fingerprint density at radius 1 is 1.31 bits per heavy atom. The number of aromatic hydroxyl groups is 2. The van der Waals surface area contributed by atoms with E-state index in [9.17, 15) is 28.2 Å². The Morgan fingerprint density at radius 3 is 2.50 bits per heavy atom. The third-order valence-electron chi connectivity index (χ3n) is 3.43. The van der Waals surface area contributed by atoms with Crippen molar-refractivity contribution in [3.8, 4) is 11.8 Å². The molecule has 0 aliphatic heterocycles. The monoisotopic (exact) mass is 390 g/mol. The number of aromatic nitrogens is 2. The van der Waals surface area contributed by atoms with Crippen LogP contribution in [0.25, 0.3) is 6.08 Å². The van der Waals surface area contributed by atoms with Crippen LogP contribution in [0.3, 0.4) is 0 Å². The van der Waals surface area contributed by atoms with E-state index in [1.165, 1.54) is 20.0 Å². The third kappa shape index (κ3) is 3.85. The van der Waals surface area contributed by atoms with Gasteiger partial charge in [-0.25, -0.2) is 4.98 Å². The Balaban J connectivity index is 2.38. The first-order chi connectivity index (χ1) is 12.1. The first-order valence-corrected chi connectivity index (χ1v) is 7.47. The highest BCUT2D eigenvalue weighted by atomic mass is 35.5. The standard InChI is InChI=1S/C15H14ClF3N4O3/c1-7-8(3-6-11(24)20-2)14(26)23(13(7)25)22-10-5-4-9(12(16)21-10)15(17,18)19/h3-6,25-26H,1-2H3,(H,20,24)(H,21,22)/b6-3+. The lowest BCUT2D eigenvalue weighted by atomic mass is 10.2. The van der Waals surface area contributed by atoms with Crippen molar-refractivity contribution >= 4 is 29.4 Å². The maximum absolute atomic E-state index is 12.7. The minimum absolute atomic E-state index is 0.136. The molecule has 0 bridgehead atoms. The van der Waals surface area contributed by atoms with E-state index in [1.54, 1.807) is 0 Å². The Labute approximate surface area is 150 Å². The van der Waals surface area contributed by atoms with Gasteiger partial charge in [-0.3, -0.25) is 10.2 Å². The van der Waals surface area contributed by atoms with E-state index in [1.807, 2.05) is 0 Å². The zero-order valence-corrected chi connectivity index (χ0v) is 14.3. The Kier molecular flexibility index (Phi) is 5.36. The molecule has 4 N–H and O–H groups in total. The van der Waals surface area contributed by atoms with Gasteiger partial charge in [0.1, 0.15) is 11.0 Å². The number of rotatable bonds is 4. The summed E-state index contributed by atoms with van der Waals surface area (Å²) in [6, 6.07) is 1.71. The van der Waals surface area contributed by atoms with Crippen molar-refractivity contribution in [1.82, 2.24) is 15.0 Å². The summed E-state index contributed by atoms with van der Waals surface area (Å²) >= 11 is 5.54. The van der Waals surface area contributed by atoms with Crippen molar-refractivity contribution in [3.05, 3.63) is 40.1 Å². The van der Waals surface area contributed by atoms with Crippen LogP contribution in [0, 0.1) is 6.92 Å². The summed E-state index contributed by atoms with van der Waals surface area (Å²) in [5.74, 6) is -1.47. The number of pyridine rings is 1. The van der Waals surface area contributed by atoms with Gasteiger partial charge in [-0.05, 0) is 25.1 Å². The molecule has 11 heteroatoms. The van der Waals surface area contributed by atoms with E-state index in [2.05, 4.69) is 15.7 Å². The van der Waals surface area contributed by atoms with Crippen LogP contribution in [0.2, 0.25) is 5.15 Å². The number of carbonyl (C=O) groups excluding carboxylic acids is 1. The van der Waals surface area contributed by atoms with E-state index in [-0.39, 0.29) is 16.9 Å². The van der Waals surface area contributed by atoms with Crippen LogP contribution in [-0.4, -0.2) is 32.8 Å². The molecule has 1 amide bonds. The van der Waals surface area contributed by atoms with Crippen LogP contribution in [0.15, 0.2) is 18.2 Å². The minimum Gasteiger partial charge on any atom is -0.493 e. The van der Waals surface area contributed by atoms with Crippen molar-refractivity contribution in [2.75, 3.05) is 12.5 Å². The van der Waals surface area contributed by atoms with Gasteiger partial charge in [0.25, 0.3) is 0 Å². The summed E-state index contributed by atoms with van der Waals surface area (Å²) in [5, 5.41) is 21.9. The molecule has 0 spiro atoms. The predicted octanol–water partition coefficient (Wildman–Crippen LogP) is 2.91. The Hall–Kier alpha value is -2.88. The number of halogens is 4. The molecule has 0 unspecified atom stereocenters. The highest BCUT2D eigenvalue weighted by molar-refractivity contribution is 6.30. The van der Waals surface area contributed by atoms with Crippen LogP contribution in [-0.2, 0) is 11.0 Å². The first-order valence-electron chi connectivity index (χ1n) is 7.10. The normalized spacial score (nSPS) is 11.8. The van der Waals surface area contributed by atoms with Crippen LogP contribution >= 0.6 is 11.6 Å². The smallest absolute Gasteiger partial charge is 0.419 e. The third-order valence-corrected chi connectivity index (χ3v) is 3.72. The fourth-order valence-corrected chi connectivity index (χ4v) is 2.31.